The van der Waals surface area contributed by atoms with Gasteiger partial charge in [-0.1, -0.05) is 37.3 Å². The molecule has 2 aromatic carbocycles. The van der Waals surface area contributed by atoms with E-state index < -0.39 is 0 Å². The summed E-state index contributed by atoms with van der Waals surface area (Å²) in [4.78, 5) is 3.48. The molecule has 0 aliphatic rings. The van der Waals surface area contributed by atoms with Gasteiger partial charge in [0.25, 0.3) is 0 Å². The molecular weight excluding hydrogens is 296 g/mol. The molecule has 0 saturated heterocycles. The summed E-state index contributed by atoms with van der Waals surface area (Å²) in [6.07, 6.45) is 1.96. The van der Waals surface area contributed by atoms with Crippen LogP contribution < -0.4 is 10.5 Å². The fourth-order valence-corrected chi connectivity index (χ4v) is 3.35. The predicted molar refractivity (Wildman–Crippen MR) is 101 cm³/mol. The average Bonchev–Trinajstić information content (AvgIpc) is 2.94. The number of ether oxygens (including phenoxy) is 1. The van der Waals surface area contributed by atoms with Crippen LogP contribution in [-0.4, -0.2) is 18.1 Å². The van der Waals surface area contributed by atoms with Gasteiger partial charge < -0.3 is 15.5 Å². The van der Waals surface area contributed by atoms with Crippen LogP contribution >= 0.6 is 0 Å². The van der Waals surface area contributed by atoms with Crippen molar-refractivity contribution in [2.75, 3.05) is 13.2 Å². The fraction of sp³-hybridized carbons (Fsp3) is 0.333. The van der Waals surface area contributed by atoms with Crippen LogP contribution in [0.5, 0.6) is 5.75 Å². The molecule has 1 heterocycles. The Kier molecular flexibility index (Phi) is 5.21. The SMILES string of the molecule is CCCOc1ccc(CC(CN)c2c(C)[nH]c3ccccc23)cc1. The number of fused-ring (bicyclic) bond motifs is 1. The van der Waals surface area contributed by atoms with Crippen LogP contribution in [0.4, 0.5) is 0 Å². The van der Waals surface area contributed by atoms with Gasteiger partial charge in [0.2, 0.25) is 0 Å². The summed E-state index contributed by atoms with van der Waals surface area (Å²) in [6.45, 7) is 5.65. The molecule has 24 heavy (non-hydrogen) atoms. The van der Waals surface area contributed by atoms with Crippen molar-refractivity contribution < 1.29 is 4.74 Å². The highest BCUT2D eigenvalue weighted by molar-refractivity contribution is 5.85. The van der Waals surface area contributed by atoms with Crippen molar-refractivity contribution in [3.63, 3.8) is 0 Å². The molecule has 3 rings (SSSR count). The predicted octanol–water partition coefficient (Wildman–Crippen LogP) is 4.55. The summed E-state index contributed by atoms with van der Waals surface area (Å²) >= 11 is 0. The number of hydrogen-bond donors (Lipinski definition) is 2. The molecule has 3 N–H and O–H groups in total. The van der Waals surface area contributed by atoms with E-state index in [1.807, 2.05) is 0 Å². The second-order valence-electron chi connectivity index (χ2n) is 6.34. The normalized spacial score (nSPS) is 12.5. The first-order valence-electron chi connectivity index (χ1n) is 8.72. The molecule has 3 heteroatoms. The van der Waals surface area contributed by atoms with Gasteiger partial charge in [0.1, 0.15) is 5.75 Å². The molecular formula is C21H26N2O. The van der Waals surface area contributed by atoms with Crippen LogP contribution in [0.15, 0.2) is 48.5 Å². The Morgan fingerprint density at radius 1 is 1.08 bits per heavy atom. The number of benzene rings is 2. The van der Waals surface area contributed by atoms with Gasteiger partial charge in [-0.25, -0.2) is 0 Å². The van der Waals surface area contributed by atoms with Crippen molar-refractivity contribution in [1.29, 1.82) is 0 Å². The van der Waals surface area contributed by atoms with E-state index in [1.54, 1.807) is 0 Å². The van der Waals surface area contributed by atoms with Crippen LogP contribution in [0, 0.1) is 6.92 Å². The van der Waals surface area contributed by atoms with Gasteiger partial charge in [0.15, 0.2) is 0 Å². The summed E-state index contributed by atoms with van der Waals surface area (Å²) in [5.41, 5.74) is 11.2. The first-order valence-corrected chi connectivity index (χ1v) is 8.72. The lowest BCUT2D eigenvalue weighted by atomic mass is 9.90. The summed E-state index contributed by atoms with van der Waals surface area (Å²) < 4.78 is 5.66. The highest BCUT2D eigenvalue weighted by Gasteiger charge is 2.18. The maximum atomic E-state index is 6.13. The molecule has 1 atom stereocenters. The van der Waals surface area contributed by atoms with Gasteiger partial charge >= 0.3 is 0 Å². The molecule has 126 valence electrons. The van der Waals surface area contributed by atoms with Crippen molar-refractivity contribution in [3.8, 4) is 5.75 Å². The van der Waals surface area contributed by atoms with Crippen LogP contribution in [0.2, 0.25) is 0 Å². The Labute approximate surface area is 143 Å². The highest BCUT2D eigenvalue weighted by Crippen LogP contribution is 2.31. The quantitative estimate of drug-likeness (QED) is 0.670. The van der Waals surface area contributed by atoms with Crippen molar-refractivity contribution in [1.82, 2.24) is 4.98 Å². The summed E-state index contributed by atoms with van der Waals surface area (Å²) in [6, 6.07) is 16.9. The first kappa shape index (κ1) is 16.6. The fourth-order valence-electron chi connectivity index (χ4n) is 3.35. The van der Waals surface area contributed by atoms with Crippen molar-refractivity contribution >= 4 is 10.9 Å². The van der Waals surface area contributed by atoms with E-state index in [4.69, 9.17) is 10.5 Å². The minimum absolute atomic E-state index is 0.309. The van der Waals surface area contributed by atoms with Crippen LogP contribution in [-0.2, 0) is 6.42 Å². The second-order valence-corrected chi connectivity index (χ2v) is 6.34. The van der Waals surface area contributed by atoms with Gasteiger partial charge in [0, 0.05) is 22.5 Å². The van der Waals surface area contributed by atoms with E-state index in [9.17, 15) is 0 Å². The molecule has 3 aromatic rings. The molecule has 3 nitrogen and oxygen atoms in total. The molecule has 0 spiro atoms. The molecule has 1 aromatic heterocycles. The Morgan fingerprint density at radius 3 is 2.54 bits per heavy atom. The maximum Gasteiger partial charge on any atom is 0.119 e. The van der Waals surface area contributed by atoms with E-state index in [2.05, 4.69) is 67.4 Å². The van der Waals surface area contributed by atoms with E-state index in [0.29, 0.717) is 12.5 Å². The molecule has 0 amide bonds. The zero-order valence-corrected chi connectivity index (χ0v) is 14.5. The number of para-hydroxylation sites is 1. The van der Waals surface area contributed by atoms with E-state index in [-0.39, 0.29) is 0 Å². The lowest BCUT2D eigenvalue weighted by molar-refractivity contribution is 0.317. The Bertz CT molecular complexity index is 789. The van der Waals surface area contributed by atoms with E-state index in [1.165, 1.54) is 27.7 Å². The third-order valence-corrected chi connectivity index (χ3v) is 4.51. The molecule has 0 fully saturated rings. The van der Waals surface area contributed by atoms with Gasteiger partial charge in [-0.3, -0.25) is 0 Å². The Hall–Kier alpha value is -2.26. The lowest BCUT2D eigenvalue weighted by Crippen LogP contribution is -2.15. The number of rotatable bonds is 7. The van der Waals surface area contributed by atoms with Crippen LogP contribution in [0.1, 0.15) is 36.1 Å². The summed E-state index contributed by atoms with van der Waals surface area (Å²) in [5, 5.41) is 1.29. The number of aryl methyl sites for hydroxylation is 1. The molecule has 0 bridgehead atoms. The maximum absolute atomic E-state index is 6.13. The molecule has 0 aliphatic carbocycles. The Morgan fingerprint density at radius 2 is 1.83 bits per heavy atom. The summed E-state index contributed by atoms with van der Waals surface area (Å²) in [5.74, 6) is 1.25. The van der Waals surface area contributed by atoms with Crippen molar-refractivity contribution in [3.05, 3.63) is 65.4 Å². The number of H-pyrrole nitrogens is 1. The van der Waals surface area contributed by atoms with E-state index >= 15 is 0 Å². The van der Waals surface area contributed by atoms with Gasteiger partial charge in [-0.2, -0.15) is 0 Å². The number of aromatic nitrogens is 1. The third kappa shape index (κ3) is 3.46. The average molecular weight is 322 g/mol. The van der Waals surface area contributed by atoms with Crippen molar-refractivity contribution in [2.45, 2.75) is 32.6 Å². The third-order valence-electron chi connectivity index (χ3n) is 4.51. The number of aromatic amines is 1. The second kappa shape index (κ2) is 7.54. The number of nitrogens with two attached hydrogens (primary N) is 1. The summed E-state index contributed by atoms with van der Waals surface area (Å²) in [7, 11) is 0. The van der Waals surface area contributed by atoms with Gasteiger partial charge in [-0.05, 0) is 55.6 Å². The molecule has 0 saturated carbocycles. The van der Waals surface area contributed by atoms with Gasteiger partial charge in [-0.15, -0.1) is 0 Å². The largest absolute Gasteiger partial charge is 0.494 e. The molecule has 0 radical (unpaired) electrons. The number of hydrogen-bond acceptors (Lipinski definition) is 2. The smallest absolute Gasteiger partial charge is 0.119 e. The lowest BCUT2D eigenvalue weighted by Gasteiger charge is -2.16. The zero-order chi connectivity index (χ0) is 16.9. The molecule has 0 aliphatic heterocycles. The Balaban J connectivity index is 1.82. The van der Waals surface area contributed by atoms with Crippen LogP contribution in [0.25, 0.3) is 10.9 Å². The number of nitrogens with one attached hydrogen (secondary N) is 1. The monoisotopic (exact) mass is 322 g/mol. The standard InChI is InChI=1S/C21H26N2O/c1-3-12-24-18-10-8-16(9-11-18)13-17(14-22)21-15(2)23-20-7-5-4-6-19(20)21/h4-11,17,23H,3,12-14,22H2,1-2H3. The first-order chi connectivity index (χ1) is 11.7. The van der Waals surface area contributed by atoms with Crippen molar-refractivity contribution in [2.24, 2.45) is 5.73 Å². The minimum Gasteiger partial charge on any atom is -0.494 e. The van der Waals surface area contributed by atoms with Crippen LogP contribution in [0.3, 0.4) is 0 Å². The molecule has 1 unspecified atom stereocenters. The zero-order valence-electron chi connectivity index (χ0n) is 14.5. The minimum atomic E-state index is 0.309. The highest BCUT2D eigenvalue weighted by atomic mass is 16.5. The van der Waals surface area contributed by atoms with E-state index in [0.717, 1.165) is 25.2 Å². The topological polar surface area (TPSA) is 51.0 Å². The van der Waals surface area contributed by atoms with Gasteiger partial charge in [0.05, 0.1) is 6.61 Å².